The molecule has 16 heavy (non-hydrogen) atoms. The predicted octanol–water partition coefficient (Wildman–Crippen LogP) is 1.67. The van der Waals surface area contributed by atoms with E-state index in [9.17, 15) is 18.3 Å². The maximum absolute atomic E-state index is 12.5. The zero-order chi connectivity index (χ0) is 12.3. The number of hydrogen-bond acceptors (Lipinski definition) is 3. The van der Waals surface area contributed by atoms with Crippen LogP contribution in [0.25, 0.3) is 0 Å². The molecule has 0 bridgehead atoms. The molecule has 0 saturated heterocycles. The van der Waals surface area contributed by atoms with Gasteiger partial charge in [0.05, 0.1) is 11.7 Å². The van der Waals surface area contributed by atoms with E-state index in [0.29, 0.717) is 0 Å². The van der Waals surface area contributed by atoms with E-state index < -0.39 is 23.5 Å². The minimum atomic E-state index is -4.51. The van der Waals surface area contributed by atoms with Crippen molar-refractivity contribution < 1.29 is 18.3 Å². The van der Waals surface area contributed by atoms with E-state index in [4.69, 9.17) is 11.5 Å². The number of nitrogen functional groups attached to an aromatic ring is 1. The number of rotatable bonds is 3. The first-order valence-corrected chi connectivity index (χ1v) is 4.71. The lowest BCUT2D eigenvalue weighted by atomic mass is 10.0. The molecule has 6 heteroatoms. The van der Waals surface area contributed by atoms with Crippen LogP contribution in [-0.4, -0.2) is 11.7 Å². The van der Waals surface area contributed by atoms with Gasteiger partial charge in [0.25, 0.3) is 0 Å². The topological polar surface area (TPSA) is 72.3 Å². The summed E-state index contributed by atoms with van der Waals surface area (Å²) in [5.74, 6) is 0. The standard InChI is InChI=1S/C10H13F3N2O/c11-10(12,13)7-3-1-2-6(9(7)15)8(16)4-5-14/h1-3,8,16H,4-5,14-15H2. The summed E-state index contributed by atoms with van der Waals surface area (Å²) in [5.41, 5.74) is 9.30. The summed E-state index contributed by atoms with van der Waals surface area (Å²) < 4.78 is 37.5. The van der Waals surface area contributed by atoms with Crippen LogP contribution in [0.4, 0.5) is 18.9 Å². The fourth-order valence-electron chi connectivity index (χ4n) is 1.43. The second kappa shape index (κ2) is 4.71. The zero-order valence-corrected chi connectivity index (χ0v) is 8.46. The Kier molecular flexibility index (Phi) is 3.77. The van der Waals surface area contributed by atoms with Crippen LogP contribution in [0, 0.1) is 0 Å². The molecule has 1 aromatic rings. The lowest BCUT2D eigenvalue weighted by molar-refractivity contribution is -0.137. The fraction of sp³-hybridized carbons (Fsp3) is 0.400. The molecule has 5 N–H and O–H groups in total. The molecule has 0 aliphatic rings. The fourth-order valence-corrected chi connectivity index (χ4v) is 1.43. The van der Waals surface area contributed by atoms with Crippen molar-refractivity contribution in [1.82, 2.24) is 0 Å². The van der Waals surface area contributed by atoms with Gasteiger partial charge >= 0.3 is 6.18 Å². The van der Waals surface area contributed by atoms with Crippen LogP contribution in [0.15, 0.2) is 18.2 Å². The maximum Gasteiger partial charge on any atom is 0.418 e. The quantitative estimate of drug-likeness (QED) is 0.696. The number of hydrogen-bond donors (Lipinski definition) is 3. The normalized spacial score (nSPS) is 13.8. The molecule has 90 valence electrons. The third kappa shape index (κ3) is 2.65. The van der Waals surface area contributed by atoms with Crippen molar-refractivity contribution in [2.75, 3.05) is 12.3 Å². The Morgan fingerprint density at radius 1 is 1.31 bits per heavy atom. The molecule has 0 aliphatic carbocycles. The highest BCUT2D eigenvalue weighted by Gasteiger charge is 2.34. The van der Waals surface area contributed by atoms with Crippen molar-refractivity contribution >= 4 is 5.69 Å². The Morgan fingerprint density at radius 2 is 1.94 bits per heavy atom. The second-order valence-corrected chi connectivity index (χ2v) is 3.40. The van der Waals surface area contributed by atoms with Crippen molar-refractivity contribution in [2.45, 2.75) is 18.7 Å². The Balaban J connectivity index is 3.14. The first-order valence-electron chi connectivity index (χ1n) is 4.71. The third-order valence-electron chi connectivity index (χ3n) is 2.24. The molecule has 1 atom stereocenters. The lowest BCUT2D eigenvalue weighted by Gasteiger charge is -2.16. The van der Waals surface area contributed by atoms with Gasteiger partial charge in [0, 0.05) is 11.3 Å². The smallest absolute Gasteiger partial charge is 0.398 e. The molecule has 0 saturated carbocycles. The number of alkyl halides is 3. The minimum absolute atomic E-state index is 0.0697. The number of aliphatic hydroxyl groups is 1. The molecule has 3 nitrogen and oxygen atoms in total. The Bertz CT molecular complexity index is 366. The number of para-hydroxylation sites is 1. The molecule has 0 aliphatic heterocycles. The van der Waals surface area contributed by atoms with Gasteiger partial charge in [-0.25, -0.2) is 0 Å². The molecule has 0 heterocycles. The summed E-state index contributed by atoms with van der Waals surface area (Å²) in [6.45, 7) is 0.177. The average molecular weight is 234 g/mol. The van der Waals surface area contributed by atoms with E-state index in [1.165, 1.54) is 12.1 Å². The molecule has 0 fully saturated rings. The van der Waals surface area contributed by atoms with E-state index in [1.54, 1.807) is 0 Å². The molecule has 1 aromatic carbocycles. The number of aliphatic hydroxyl groups excluding tert-OH is 1. The van der Waals surface area contributed by atoms with E-state index >= 15 is 0 Å². The number of anilines is 1. The summed E-state index contributed by atoms with van der Waals surface area (Å²) in [4.78, 5) is 0. The van der Waals surface area contributed by atoms with Crippen LogP contribution >= 0.6 is 0 Å². The van der Waals surface area contributed by atoms with Gasteiger partial charge in [-0.1, -0.05) is 12.1 Å². The van der Waals surface area contributed by atoms with Gasteiger partial charge in [-0.2, -0.15) is 13.2 Å². The molecule has 0 amide bonds. The van der Waals surface area contributed by atoms with Gasteiger partial charge in [-0.15, -0.1) is 0 Å². The summed E-state index contributed by atoms with van der Waals surface area (Å²) in [6.07, 6.45) is -5.40. The first kappa shape index (κ1) is 12.8. The Hall–Kier alpha value is -1.27. The third-order valence-corrected chi connectivity index (χ3v) is 2.24. The van der Waals surface area contributed by atoms with E-state index in [0.717, 1.165) is 6.07 Å². The number of benzene rings is 1. The van der Waals surface area contributed by atoms with Gasteiger partial charge in [0.15, 0.2) is 0 Å². The maximum atomic E-state index is 12.5. The monoisotopic (exact) mass is 234 g/mol. The van der Waals surface area contributed by atoms with Gasteiger partial charge in [0.1, 0.15) is 0 Å². The minimum Gasteiger partial charge on any atom is -0.398 e. The van der Waals surface area contributed by atoms with Gasteiger partial charge in [0.2, 0.25) is 0 Å². The van der Waals surface area contributed by atoms with Gasteiger partial charge < -0.3 is 16.6 Å². The highest BCUT2D eigenvalue weighted by atomic mass is 19.4. The molecular weight excluding hydrogens is 221 g/mol. The van der Waals surface area contributed by atoms with E-state index in [-0.39, 0.29) is 18.5 Å². The first-order chi connectivity index (χ1) is 7.38. The molecule has 1 rings (SSSR count). The molecule has 0 aromatic heterocycles. The van der Waals surface area contributed by atoms with Gasteiger partial charge in [-0.05, 0) is 19.0 Å². The number of halogens is 3. The summed E-state index contributed by atoms with van der Waals surface area (Å²) in [5, 5.41) is 9.56. The van der Waals surface area contributed by atoms with Crippen molar-refractivity contribution in [2.24, 2.45) is 5.73 Å². The van der Waals surface area contributed by atoms with E-state index in [1.807, 2.05) is 0 Å². The molecule has 1 unspecified atom stereocenters. The Labute approximate surface area is 90.9 Å². The van der Waals surface area contributed by atoms with Crippen LogP contribution < -0.4 is 11.5 Å². The summed E-state index contributed by atoms with van der Waals surface area (Å²) in [6, 6.07) is 3.47. The van der Waals surface area contributed by atoms with Crippen LogP contribution in [0.5, 0.6) is 0 Å². The summed E-state index contributed by atoms with van der Waals surface area (Å²) in [7, 11) is 0. The van der Waals surface area contributed by atoms with Crippen molar-refractivity contribution in [3.63, 3.8) is 0 Å². The SMILES string of the molecule is NCCC(O)c1cccc(C(F)(F)F)c1N. The average Bonchev–Trinajstić information content (AvgIpc) is 2.16. The predicted molar refractivity (Wildman–Crippen MR) is 54.5 cm³/mol. The van der Waals surface area contributed by atoms with Crippen molar-refractivity contribution in [3.8, 4) is 0 Å². The largest absolute Gasteiger partial charge is 0.418 e. The molecule has 0 radical (unpaired) electrons. The van der Waals surface area contributed by atoms with Crippen LogP contribution in [-0.2, 0) is 6.18 Å². The van der Waals surface area contributed by atoms with E-state index in [2.05, 4.69) is 0 Å². The summed E-state index contributed by atoms with van der Waals surface area (Å²) >= 11 is 0. The van der Waals surface area contributed by atoms with Crippen LogP contribution in [0.2, 0.25) is 0 Å². The Morgan fingerprint density at radius 3 is 2.44 bits per heavy atom. The van der Waals surface area contributed by atoms with Crippen molar-refractivity contribution in [1.29, 1.82) is 0 Å². The lowest BCUT2D eigenvalue weighted by Crippen LogP contribution is -2.14. The molecule has 0 spiro atoms. The highest BCUT2D eigenvalue weighted by molar-refractivity contribution is 5.56. The van der Waals surface area contributed by atoms with Crippen LogP contribution in [0.1, 0.15) is 23.7 Å². The highest BCUT2D eigenvalue weighted by Crippen LogP contribution is 2.37. The van der Waals surface area contributed by atoms with Crippen molar-refractivity contribution in [3.05, 3.63) is 29.3 Å². The van der Waals surface area contributed by atoms with Crippen LogP contribution in [0.3, 0.4) is 0 Å². The second-order valence-electron chi connectivity index (χ2n) is 3.40. The zero-order valence-electron chi connectivity index (χ0n) is 8.46. The van der Waals surface area contributed by atoms with Gasteiger partial charge in [-0.3, -0.25) is 0 Å². The molecular formula is C10H13F3N2O. The number of nitrogens with two attached hydrogens (primary N) is 2.